The molecule has 1 aliphatic rings. The lowest BCUT2D eigenvalue weighted by atomic mass is 9.83. The van der Waals surface area contributed by atoms with Gasteiger partial charge in [0.2, 0.25) is 0 Å². The fourth-order valence-corrected chi connectivity index (χ4v) is 5.25. The van der Waals surface area contributed by atoms with Crippen molar-refractivity contribution < 1.29 is 19.0 Å². The molecule has 1 aliphatic heterocycles. The number of hydrogen-bond acceptors (Lipinski definition) is 8. The summed E-state index contributed by atoms with van der Waals surface area (Å²) in [4.78, 5) is 26.6. The van der Waals surface area contributed by atoms with E-state index in [-0.39, 0.29) is 17.0 Å². The number of nitrogens with zero attached hydrogens (tertiary/aromatic N) is 2. The zero-order valence-corrected chi connectivity index (χ0v) is 20.2. The third kappa shape index (κ3) is 4.09. The number of rotatable bonds is 6. The van der Waals surface area contributed by atoms with Crippen LogP contribution in [0.15, 0.2) is 58.9 Å². The Hall–Kier alpha value is -4.29. The number of hydrogen-bond donors (Lipinski definition) is 1. The van der Waals surface area contributed by atoms with Crippen LogP contribution in [0, 0.1) is 11.3 Å². The predicted octanol–water partition coefficient (Wildman–Crippen LogP) is 1.92. The molecule has 0 aliphatic carbocycles. The molecule has 3 aromatic rings. The number of carbonyl (C=O) groups excluding carboxylic acids is 1. The number of para-hydroxylation sites is 2. The van der Waals surface area contributed by atoms with Gasteiger partial charge in [-0.25, -0.2) is 4.79 Å². The van der Waals surface area contributed by atoms with Gasteiger partial charge < -0.3 is 19.9 Å². The number of aromatic nitrogens is 1. The molecule has 1 atom stereocenters. The summed E-state index contributed by atoms with van der Waals surface area (Å²) in [7, 11) is 2.76. The lowest BCUT2D eigenvalue weighted by Gasteiger charge is -2.25. The second-order valence-electron chi connectivity index (χ2n) is 7.52. The molecular weight excluding hydrogens is 466 g/mol. The van der Waals surface area contributed by atoms with Gasteiger partial charge in [0, 0.05) is 11.1 Å². The summed E-state index contributed by atoms with van der Waals surface area (Å²) < 4.78 is 18.1. The summed E-state index contributed by atoms with van der Waals surface area (Å²) in [5.74, 6) is -0.479. The molecule has 0 amide bonds. The maximum Gasteiger partial charge on any atom is 0.337 e. The highest BCUT2D eigenvalue weighted by Gasteiger charge is 2.37. The number of esters is 1. The molecule has 4 rings (SSSR count). The lowest BCUT2D eigenvalue weighted by Crippen LogP contribution is -2.40. The zero-order chi connectivity index (χ0) is 25.1. The van der Waals surface area contributed by atoms with E-state index in [1.165, 1.54) is 18.8 Å². The van der Waals surface area contributed by atoms with Crippen molar-refractivity contribution in [3.05, 3.63) is 84.8 Å². The van der Waals surface area contributed by atoms with Gasteiger partial charge in [0.05, 0.1) is 48.5 Å². The quantitative estimate of drug-likeness (QED) is 0.526. The summed E-state index contributed by atoms with van der Waals surface area (Å²) in [5.41, 5.74) is 7.42. The van der Waals surface area contributed by atoms with Gasteiger partial charge in [0.1, 0.15) is 22.0 Å². The summed E-state index contributed by atoms with van der Waals surface area (Å²) >= 11 is 1.10. The van der Waals surface area contributed by atoms with Crippen molar-refractivity contribution in [2.75, 3.05) is 20.8 Å². The Labute approximate surface area is 205 Å². The smallest absolute Gasteiger partial charge is 0.337 e. The topological polar surface area (TPSA) is 117 Å². The number of ether oxygens (including phenoxy) is 3. The van der Waals surface area contributed by atoms with Crippen molar-refractivity contribution in [3.63, 3.8) is 0 Å². The highest BCUT2D eigenvalue weighted by molar-refractivity contribution is 7.07. The minimum atomic E-state index is -0.870. The van der Waals surface area contributed by atoms with Gasteiger partial charge in [-0.3, -0.25) is 9.36 Å². The van der Waals surface area contributed by atoms with E-state index in [0.29, 0.717) is 38.4 Å². The fraction of sp³-hybridized carbons (Fsp3) is 0.192. The molecule has 2 aromatic carbocycles. The number of fused-ring (bicyclic) bond motifs is 1. The van der Waals surface area contributed by atoms with Gasteiger partial charge in [-0.1, -0.05) is 36.4 Å². The first-order valence-corrected chi connectivity index (χ1v) is 11.6. The van der Waals surface area contributed by atoms with Gasteiger partial charge in [-0.2, -0.15) is 5.26 Å². The third-order valence-corrected chi connectivity index (χ3v) is 6.74. The van der Waals surface area contributed by atoms with Crippen molar-refractivity contribution in [1.29, 1.82) is 5.26 Å². The van der Waals surface area contributed by atoms with Crippen molar-refractivity contribution in [1.82, 2.24) is 4.57 Å². The van der Waals surface area contributed by atoms with Crippen LogP contribution in [0.3, 0.4) is 0 Å². The van der Waals surface area contributed by atoms with Crippen LogP contribution in [0.25, 0.3) is 17.5 Å². The average Bonchev–Trinajstić information content (AvgIpc) is 3.20. The Morgan fingerprint density at radius 3 is 2.51 bits per heavy atom. The number of methoxy groups -OCH3 is 2. The zero-order valence-electron chi connectivity index (χ0n) is 19.4. The highest BCUT2D eigenvalue weighted by atomic mass is 32.1. The molecule has 1 unspecified atom stereocenters. The summed E-state index contributed by atoms with van der Waals surface area (Å²) in [5, 5.41) is 10.1. The van der Waals surface area contributed by atoms with Crippen molar-refractivity contribution in [3.8, 4) is 17.6 Å². The summed E-state index contributed by atoms with van der Waals surface area (Å²) in [6.07, 6.45) is 1.69. The Balaban J connectivity index is 2.11. The normalized spacial score (nSPS) is 15.4. The molecule has 9 heteroatoms. The van der Waals surface area contributed by atoms with Crippen molar-refractivity contribution in [2.45, 2.75) is 12.8 Å². The van der Waals surface area contributed by atoms with E-state index in [1.807, 2.05) is 31.2 Å². The largest absolute Gasteiger partial charge is 0.496 e. The molecule has 178 valence electrons. The van der Waals surface area contributed by atoms with Gasteiger partial charge in [0.25, 0.3) is 5.56 Å². The molecule has 0 spiro atoms. The van der Waals surface area contributed by atoms with E-state index in [1.54, 1.807) is 30.3 Å². The van der Waals surface area contributed by atoms with Crippen molar-refractivity contribution >= 4 is 34.8 Å². The molecule has 2 heterocycles. The standard InChI is InChI=1S/C26H23N3O5S/c1-4-34-18-11-7-5-9-15(18)13-20-24(30)29-23(28)17(14-27)21(16-10-6-8-12-19(16)32-2)22(25(29)35-20)26(31)33-3/h5-13,21H,4,28H2,1-3H3. The maximum absolute atomic E-state index is 13.5. The summed E-state index contributed by atoms with van der Waals surface area (Å²) in [6.45, 7) is 2.34. The average molecular weight is 490 g/mol. The predicted molar refractivity (Wildman–Crippen MR) is 133 cm³/mol. The van der Waals surface area contributed by atoms with Crippen LogP contribution in [0.2, 0.25) is 0 Å². The monoisotopic (exact) mass is 489 g/mol. The van der Waals surface area contributed by atoms with E-state index in [2.05, 4.69) is 6.07 Å². The number of benzene rings is 2. The maximum atomic E-state index is 13.5. The van der Waals surface area contributed by atoms with Gasteiger partial charge >= 0.3 is 5.97 Å². The van der Waals surface area contributed by atoms with Gasteiger partial charge in [0.15, 0.2) is 0 Å². The molecule has 35 heavy (non-hydrogen) atoms. The first kappa shape index (κ1) is 23.9. The minimum absolute atomic E-state index is 0.0370. The second kappa shape index (κ2) is 9.91. The van der Waals surface area contributed by atoms with E-state index in [9.17, 15) is 14.9 Å². The van der Waals surface area contributed by atoms with Crippen LogP contribution in [0.5, 0.6) is 11.5 Å². The number of carbonyl (C=O) groups is 1. The molecular formula is C26H23N3O5S. The van der Waals surface area contributed by atoms with E-state index >= 15 is 0 Å². The second-order valence-corrected chi connectivity index (χ2v) is 8.55. The Morgan fingerprint density at radius 1 is 1.17 bits per heavy atom. The van der Waals surface area contributed by atoms with Crippen LogP contribution in [-0.4, -0.2) is 31.4 Å². The number of thiazole rings is 1. The molecule has 8 nitrogen and oxygen atoms in total. The molecule has 0 radical (unpaired) electrons. The highest BCUT2D eigenvalue weighted by Crippen LogP contribution is 2.40. The molecule has 0 saturated carbocycles. The Morgan fingerprint density at radius 2 is 1.86 bits per heavy atom. The number of allylic oxidation sites excluding steroid dienone is 1. The van der Waals surface area contributed by atoms with Gasteiger partial charge in [-0.15, -0.1) is 11.3 Å². The van der Waals surface area contributed by atoms with E-state index in [4.69, 9.17) is 19.9 Å². The molecule has 1 aromatic heterocycles. The minimum Gasteiger partial charge on any atom is -0.496 e. The molecule has 2 N–H and O–H groups in total. The summed E-state index contributed by atoms with van der Waals surface area (Å²) in [6, 6.07) is 16.5. The fourth-order valence-electron chi connectivity index (χ4n) is 4.10. The Kier molecular flexibility index (Phi) is 6.75. The first-order valence-electron chi connectivity index (χ1n) is 10.8. The van der Waals surface area contributed by atoms with Crippen LogP contribution in [0.1, 0.15) is 24.0 Å². The number of nitriles is 1. The van der Waals surface area contributed by atoms with Gasteiger partial charge in [-0.05, 0) is 25.1 Å². The first-order chi connectivity index (χ1) is 17.0. The van der Waals surface area contributed by atoms with E-state index < -0.39 is 17.4 Å². The molecule has 0 saturated heterocycles. The van der Waals surface area contributed by atoms with Crippen LogP contribution in [0.4, 0.5) is 0 Å². The molecule has 0 bridgehead atoms. The van der Waals surface area contributed by atoms with Crippen LogP contribution >= 0.6 is 11.3 Å². The van der Waals surface area contributed by atoms with E-state index in [0.717, 1.165) is 11.3 Å². The van der Waals surface area contributed by atoms with Crippen LogP contribution < -0.4 is 30.0 Å². The molecule has 0 fully saturated rings. The lowest BCUT2D eigenvalue weighted by molar-refractivity contribution is -0.134. The SMILES string of the molecule is CCOc1ccccc1C=c1sc2n(c1=O)C(N)=C(C#N)C(c1ccccc1OC)C=2C(=O)OC. The Bertz CT molecular complexity index is 1560. The van der Waals surface area contributed by atoms with Crippen molar-refractivity contribution in [2.24, 2.45) is 5.73 Å². The van der Waals surface area contributed by atoms with Crippen LogP contribution in [-0.2, 0) is 9.53 Å². The number of nitrogens with two attached hydrogens (primary N) is 1. The third-order valence-electron chi connectivity index (χ3n) is 5.63.